The number of nitrogens with zero attached hydrogens (tertiary/aromatic N) is 1. The summed E-state index contributed by atoms with van der Waals surface area (Å²) < 4.78 is 0. The summed E-state index contributed by atoms with van der Waals surface area (Å²) in [6.45, 7) is 7.22. The number of hydrogen-bond acceptors (Lipinski definition) is 4. The van der Waals surface area contributed by atoms with Gasteiger partial charge in [-0.2, -0.15) is 0 Å². The molecule has 1 aromatic rings. The molecule has 2 atom stereocenters. The van der Waals surface area contributed by atoms with Gasteiger partial charge in [0.2, 0.25) is 5.91 Å². The van der Waals surface area contributed by atoms with E-state index >= 15 is 0 Å². The molecule has 0 saturated carbocycles. The van der Waals surface area contributed by atoms with Crippen molar-refractivity contribution in [2.24, 2.45) is 11.8 Å². The lowest BCUT2D eigenvalue weighted by molar-refractivity contribution is -0.385. The Labute approximate surface area is 124 Å². The number of hydrogen-bond donors (Lipinski definition) is 2. The van der Waals surface area contributed by atoms with Crippen LogP contribution in [0.2, 0.25) is 0 Å². The molecule has 1 aliphatic heterocycles. The molecule has 6 heteroatoms. The van der Waals surface area contributed by atoms with E-state index in [4.69, 9.17) is 0 Å². The predicted molar refractivity (Wildman–Crippen MR) is 79.9 cm³/mol. The fraction of sp³-hybridized carbons (Fsp3) is 0.533. The Morgan fingerprint density at radius 1 is 1.43 bits per heavy atom. The van der Waals surface area contributed by atoms with E-state index in [9.17, 15) is 14.9 Å². The second-order valence-corrected chi connectivity index (χ2v) is 5.74. The van der Waals surface area contributed by atoms with Crippen molar-refractivity contribution in [2.45, 2.75) is 26.8 Å². The smallest absolute Gasteiger partial charge is 0.272 e. The quantitative estimate of drug-likeness (QED) is 0.641. The van der Waals surface area contributed by atoms with Gasteiger partial charge in [-0.25, -0.2) is 0 Å². The van der Waals surface area contributed by atoms with Gasteiger partial charge in [-0.15, -0.1) is 0 Å². The standard InChI is InChI=1S/C15H21N3O3/c1-9-4-5-12(6-14(9)18(20)21)11(3)17-15(19)10(2)13-7-16-8-13/h4-6,10-11,13,16H,7-8H2,1-3H3,(H,17,19). The Balaban J connectivity index is 2.05. The Bertz CT molecular complexity index is 555. The molecule has 2 N–H and O–H groups in total. The second kappa shape index (κ2) is 6.22. The van der Waals surface area contributed by atoms with E-state index in [0.29, 0.717) is 11.5 Å². The van der Waals surface area contributed by atoms with Crippen molar-refractivity contribution >= 4 is 11.6 Å². The number of benzene rings is 1. The van der Waals surface area contributed by atoms with Gasteiger partial charge < -0.3 is 10.6 Å². The van der Waals surface area contributed by atoms with Gasteiger partial charge in [-0.3, -0.25) is 14.9 Å². The summed E-state index contributed by atoms with van der Waals surface area (Å²) in [7, 11) is 0. The summed E-state index contributed by atoms with van der Waals surface area (Å²) >= 11 is 0. The monoisotopic (exact) mass is 291 g/mol. The Kier molecular flexibility index (Phi) is 4.57. The zero-order chi connectivity index (χ0) is 15.6. The van der Waals surface area contributed by atoms with E-state index in [0.717, 1.165) is 18.7 Å². The Morgan fingerprint density at radius 2 is 2.10 bits per heavy atom. The summed E-state index contributed by atoms with van der Waals surface area (Å²) in [6.07, 6.45) is 0. The molecule has 1 saturated heterocycles. The molecule has 0 radical (unpaired) electrons. The molecule has 1 amide bonds. The van der Waals surface area contributed by atoms with Gasteiger partial charge in [0.1, 0.15) is 0 Å². The van der Waals surface area contributed by atoms with Crippen LogP contribution in [0.3, 0.4) is 0 Å². The van der Waals surface area contributed by atoms with Gasteiger partial charge in [0, 0.05) is 17.5 Å². The molecular weight excluding hydrogens is 270 g/mol. The number of nitro groups is 1. The summed E-state index contributed by atoms with van der Waals surface area (Å²) in [4.78, 5) is 22.8. The number of nitro benzene ring substituents is 1. The second-order valence-electron chi connectivity index (χ2n) is 5.74. The molecule has 1 aromatic carbocycles. The van der Waals surface area contributed by atoms with Gasteiger partial charge in [0.25, 0.3) is 5.69 Å². The first-order valence-electron chi connectivity index (χ1n) is 7.16. The van der Waals surface area contributed by atoms with E-state index in [1.807, 2.05) is 19.9 Å². The fourth-order valence-corrected chi connectivity index (χ4v) is 2.40. The molecule has 2 rings (SSSR count). The van der Waals surface area contributed by atoms with Crippen LogP contribution in [0.4, 0.5) is 5.69 Å². The lowest BCUT2D eigenvalue weighted by Gasteiger charge is -2.32. The lowest BCUT2D eigenvalue weighted by atomic mass is 9.88. The Hall–Kier alpha value is -1.95. The number of rotatable bonds is 5. The van der Waals surface area contributed by atoms with E-state index in [2.05, 4.69) is 10.6 Å². The molecule has 114 valence electrons. The minimum absolute atomic E-state index is 0.00257. The maximum Gasteiger partial charge on any atom is 0.272 e. The van der Waals surface area contributed by atoms with Crippen LogP contribution < -0.4 is 10.6 Å². The number of carbonyl (C=O) groups is 1. The third-order valence-corrected chi connectivity index (χ3v) is 4.22. The molecule has 1 heterocycles. The molecule has 0 spiro atoms. The van der Waals surface area contributed by atoms with Crippen LogP contribution in [0, 0.1) is 28.9 Å². The average molecular weight is 291 g/mol. The molecule has 1 fully saturated rings. The van der Waals surface area contributed by atoms with E-state index in [1.165, 1.54) is 6.07 Å². The predicted octanol–water partition coefficient (Wildman–Crippen LogP) is 1.94. The van der Waals surface area contributed by atoms with Crippen LogP contribution in [0.25, 0.3) is 0 Å². The summed E-state index contributed by atoms with van der Waals surface area (Å²) in [5, 5.41) is 17.1. The van der Waals surface area contributed by atoms with Crippen molar-refractivity contribution in [1.29, 1.82) is 0 Å². The third kappa shape index (κ3) is 3.39. The molecule has 0 aromatic heterocycles. The molecule has 0 aliphatic carbocycles. The number of carbonyl (C=O) groups excluding carboxylic acids is 1. The first kappa shape index (κ1) is 15.4. The average Bonchev–Trinajstić information content (AvgIpc) is 2.36. The fourth-order valence-electron chi connectivity index (χ4n) is 2.40. The van der Waals surface area contributed by atoms with E-state index in [1.54, 1.807) is 13.0 Å². The van der Waals surface area contributed by atoms with Crippen molar-refractivity contribution in [2.75, 3.05) is 13.1 Å². The SMILES string of the molecule is Cc1ccc(C(C)NC(=O)C(C)C2CNC2)cc1[N+](=O)[O-]. The molecule has 6 nitrogen and oxygen atoms in total. The highest BCUT2D eigenvalue weighted by Gasteiger charge is 2.29. The van der Waals surface area contributed by atoms with Gasteiger partial charge in [-0.1, -0.05) is 19.1 Å². The van der Waals surface area contributed by atoms with Gasteiger partial charge >= 0.3 is 0 Å². The third-order valence-electron chi connectivity index (χ3n) is 4.22. The van der Waals surface area contributed by atoms with E-state index in [-0.39, 0.29) is 23.6 Å². The summed E-state index contributed by atoms with van der Waals surface area (Å²) in [5.41, 5.74) is 1.46. The van der Waals surface area contributed by atoms with Crippen LogP contribution >= 0.6 is 0 Å². The molecule has 0 bridgehead atoms. The zero-order valence-electron chi connectivity index (χ0n) is 12.6. The van der Waals surface area contributed by atoms with Gasteiger partial charge in [0.15, 0.2) is 0 Å². The summed E-state index contributed by atoms with van der Waals surface area (Å²) in [5.74, 6) is 0.330. The minimum atomic E-state index is -0.393. The Morgan fingerprint density at radius 3 is 2.62 bits per heavy atom. The van der Waals surface area contributed by atoms with Crippen LogP contribution in [0.15, 0.2) is 18.2 Å². The van der Waals surface area contributed by atoms with Crippen LogP contribution in [-0.4, -0.2) is 23.9 Å². The van der Waals surface area contributed by atoms with Crippen LogP contribution in [0.1, 0.15) is 31.0 Å². The highest BCUT2D eigenvalue weighted by atomic mass is 16.6. The van der Waals surface area contributed by atoms with Gasteiger partial charge in [0.05, 0.1) is 11.0 Å². The van der Waals surface area contributed by atoms with Crippen molar-refractivity contribution in [1.82, 2.24) is 10.6 Å². The zero-order valence-corrected chi connectivity index (χ0v) is 12.6. The summed E-state index contributed by atoms with van der Waals surface area (Å²) in [6, 6.07) is 4.83. The van der Waals surface area contributed by atoms with E-state index < -0.39 is 4.92 Å². The highest BCUT2D eigenvalue weighted by Crippen LogP contribution is 2.24. The maximum atomic E-state index is 12.2. The molecule has 1 aliphatic rings. The number of nitrogens with one attached hydrogen (secondary N) is 2. The van der Waals surface area contributed by atoms with Gasteiger partial charge in [-0.05, 0) is 38.4 Å². The largest absolute Gasteiger partial charge is 0.349 e. The van der Waals surface area contributed by atoms with Crippen LogP contribution in [0.5, 0.6) is 0 Å². The maximum absolute atomic E-state index is 12.2. The first-order valence-corrected chi connectivity index (χ1v) is 7.16. The van der Waals surface area contributed by atoms with Crippen molar-refractivity contribution < 1.29 is 9.72 Å². The molecular formula is C15H21N3O3. The first-order chi connectivity index (χ1) is 9.90. The minimum Gasteiger partial charge on any atom is -0.349 e. The number of aryl methyl sites for hydroxylation is 1. The molecule has 21 heavy (non-hydrogen) atoms. The van der Waals surface area contributed by atoms with Crippen LogP contribution in [-0.2, 0) is 4.79 Å². The van der Waals surface area contributed by atoms with Crippen molar-refractivity contribution in [3.63, 3.8) is 0 Å². The topological polar surface area (TPSA) is 84.3 Å². The van der Waals surface area contributed by atoms with Crippen molar-refractivity contribution in [3.8, 4) is 0 Å². The van der Waals surface area contributed by atoms with Crippen molar-refractivity contribution in [3.05, 3.63) is 39.4 Å². The lowest BCUT2D eigenvalue weighted by Crippen LogP contribution is -2.49. The normalized spacial score (nSPS) is 17.7. The number of amides is 1. The molecule has 2 unspecified atom stereocenters. The highest BCUT2D eigenvalue weighted by molar-refractivity contribution is 5.79.